The van der Waals surface area contributed by atoms with Crippen LogP contribution in [0.2, 0.25) is 0 Å². The zero-order valence-electron chi connectivity index (χ0n) is 20.7. The quantitative estimate of drug-likeness (QED) is 0.473. The van der Waals surface area contributed by atoms with Gasteiger partial charge in [-0.2, -0.15) is 4.31 Å². The summed E-state index contributed by atoms with van der Waals surface area (Å²) >= 11 is 0. The monoisotopic (exact) mass is 534 g/mol. The van der Waals surface area contributed by atoms with E-state index in [4.69, 9.17) is 4.74 Å². The van der Waals surface area contributed by atoms with E-state index >= 15 is 0 Å². The normalized spacial score (nSPS) is 17.6. The first-order valence-electron chi connectivity index (χ1n) is 12.0. The lowest BCUT2D eigenvalue weighted by Crippen LogP contribution is -2.53. The number of rotatable bonds is 10. The number of ketones is 1. The average Bonchev–Trinajstić information content (AvgIpc) is 3.05. The van der Waals surface area contributed by atoms with E-state index in [1.54, 1.807) is 12.1 Å². The third-order valence-electron chi connectivity index (χ3n) is 5.72. The predicted octanol–water partition coefficient (Wildman–Crippen LogP) is 1.67. The molecule has 1 aromatic carbocycles. The number of Topliss-reactive ketones (excluding diaryl/α,β-unsaturated/α-hetero) is 1. The van der Waals surface area contributed by atoms with Crippen molar-refractivity contribution in [2.45, 2.75) is 50.2 Å². The fourth-order valence-electron chi connectivity index (χ4n) is 3.88. The predicted molar refractivity (Wildman–Crippen MR) is 132 cm³/mol. The summed E-state index contributed by atoms with van der Waals surface area (Å²) in [6.45, 7) is 3.12. The van der Waals surface area contributed by atoms with E-state index in [9.17, 15) is 27.2 Å². The van der Waals surface area contributed by atoms with Gasteiger partial charge in [-0.1, -0.05) is 19.9 Å². The van der Waals surface area contributed by atoms with Gasteiger partial charge in [-0.15, -0.1) is 0 Å². The number of hydrogen-bond donors (Lipinski definition) is 2. The van der Waals surface area contributed by atoms with Gasteiger partial charge < -0.3 is 15.4 Å². The van der Waals surface area contributed by atoms with Crippen LogP contribution < -0.4 is 15.4 Å². The number of sulfonamides is 1. The third kappa shape index (κ3) is 8.05. The number of amides is 2. The second kappa shape index (κ2) is 12.7. The minimum Gasteiger partial charge on any atom is -0.484 e. The molecule has 1 aliphatic rings. The summed E-state index contributed by atoms with van der Waals surface area (Å²) in [4.78, 5) is 42.3. The van der Waals surface area contributed by atoms with Gasteiger partial charge in [0.05, 0.1) is 12.6 Å². The molecule has 1 aromatic heterocycles. The minimum atomic E-state index is -3.95. The highest BCUT2D eigenvalue weighted by atomic mass is 32.2. The molecule has 1 saturated heterocycles. The highest BCUT2D eigenvalue weighted by Crippen LogP contribution is 2.18. The molecule has 1 fully saturated rings. The van der Waals surface area contributed by atoms with Gasteiger partial charge in [-0.05, 0) is 61.6 Å². The van der Waals surface area contributed by atoms with Crippen molar-refractivity contribution in [3.05, 3.63) is 54.5 Å². The number of nitrogens with zero attached hydrogens (tertiary/aromatic N) is 2. The summed E-state index contributed by atoms with van der Waals surface area (Å²) < 4.78 is 45.2. The first-order chi connectivity index (χ1) is 17.6. The molecule has 0 aliphatic carbocycles. The maximum absolute atomic E-state index is 13.0. The molecule has 0 spiro atoms. The van der Waals surface area contributed by atoms with Crippen LogP contribution in [0.4, 0.5) is 4.39 Å². The van der Waals surface area contributed by atoms with Crippen LogP contribution in [0.25, 0.3) is 0 Å². The molecule has 10 nitrogen and oxygen atoms in total. The molecule has 1 aliphatic heterocycles. The summed E-state index contributed by atoms with van der Waals surface area (Å²) in [6, 6.07) is 7.88. The molecule has 200 valence electrons. The van der Waals surface area contributed by atoms with Crippen LogP contribution in [0.15, 0.2) is 53.7 Å². The number of hydrogen-bond acceptors (Lipinski definition) is 7. The Kier molecular flexibility index (Phi) is 9.70. The fraction of sp³-hybridized carbons (Fsp3) is 0.440. The fourth-order valence-corrected chi connectivity index (χ4v) is 5.25. The van der Waals surface area contributed by atoms with Crippen molar-refractivity contribution in [1.29, 1.82) is 0 Å². The summed E-state index contributed by atoms with van der Waals surface area (Å²) in [7, 11) is -3.95. The molecular weight excluding hydrogens is 503 g/mol. The SMILES string of the molecule is CC(C)C[C@H](NC(=O)COc1ccc(F)cc1)C(=O)NC1CCCN(S(=O)(=O)c2ccccn2)CC1=O. The smallest absolute Gasteiger partial charge is 0.260 e. The number of ether oxygens (including phenoxy) is 1. The van der Waals surface area contributed by atoms with Gasteiger partial charge in [-0.3, -0.25) is 14.4 Å². The molecule has 2 atom stereocenters. The lowest BCUT2D eigenvalue weighted by Gasteiger charge is -2.23. The van der Waals surface area contributed by atoms with Gasteiger partial charge in [0.1, 0.15) is 17.6 Å². The van der Waals surface area contributed by atoms with Gasteiger partial charge in [-0.25, -0.2) is 17.8 Å². The summed E-state index contributed by atoms with van der Waals surface area (Å²) in [5.41, 5.74) is 0. The number of carbonyl (C=O) groups excluding carboxylic acids is 3. The lowest BCUT2D eigenvalue weighted by atomic mass is 10.0. The molecule has 2 amide bonds. The Hall–Kier alpha value is -3.38. The third-order valence-corrected chi connectivity index (χ3v) is 7.48. The molecule has 12 heteroatoms. The number of benzene rings is 1. The maximum atomic E-state index is 13.0. The van der Waals surface area contributed by atoms with Gasteiger partial charge in [0.25, 0.3) is 15.9 Å². The van der Waals surface area contributed by atoms with Crippen LogP contribution >= 0.6 is 0 Å². The average molecular weight is 535 g/mol. The number of aromatic nitrogens is 1. The maximum Gasteiger partial charge on any atom is 0.260 e. The molecular formula is C25H31FN4O6S. The molecule has 2 aromatic rings. The van der Waals surface area contributed by atoms with E-state index in [1.165, 1.54) is 36.5 Å². The Balaban J connectivity index is 1.60. The molecule has 1 unspecified atom stereocenters. The molecule has 0 bridgehead atoms. The molecule has 2 N–H and O–H groups in total. The first-order valence-corrected chi connectivity index (χ1v) is 13.4. The van der Waals surface area contributed by atoms with E-state index < -0.39 is 52.1 Å². The van der Waals surface area contributed by atoms with Crippen molar-refractivity contribution in [2.24, 2.45) is 5.92 Å². The molecule has 0 saturated carbocycles. The number of halogens is 1. The second-order valence-corrected chi connectivity index (χ2v) is 11.1. The van der Waals surface area contributed by atoms with Crippen LogP contribution in [0.1, 0.15) is 33.1 Å². The topological polar surface area (TPSA) is 135 Å². The summed E-state index contributed by atoms with van der Waals surface area (Å²) in [6.07, 6.45) is 2.29. The van der Waals surface area contributed by atoms with Crippen molar-refractivity contribution in [1.82, 2.24) is 19.9 Å². The molecule has 2 heterocycles. The van der Waals surface area contributed by atoms with Crippen molar-refractivity contribution in [3.63, 3.8) is 0 Å². The van der Waals surface area contributed by atoms with Crippen LogP contribution in [0, 0.1) is 11.7 Å². The van der Waals surface area contributed by atoms with E-state index in [2.05, 4.69) is 15.6 Å². The Bertz CT molecular complexity index is 1190. The van der Waals surface area contributed by atoms with Crippen molar-refractivity contribution in [2.75, 3.05) is 19.7 Å². The van der Waals surface area contributed by atoms with Crippen LogP contribution in [0.5, 0.6) is 5.75 Å². The highest BCUT2D eigenvalue weighted by molar-refractivity contribution is 7.89. The van der Waals surface area contributed by atoms with Crippen LogP contribution in [-0.4, -0.2) is 67.1 Å². The van der Waals surface area contributed by atoms with E-state index in [0.29, 0.717) is 18.6 Å². The van der Waals surface area contributed by atoms with E-state index in [1.807, 2.05) is 13.8 Å². The Labute approximate surface area is 215 Å². The summed E-state index contributed by atoms with van der Waals surface area (Å²) in [5, 5.41) is 5.17. The van der Waals surface area contributed by atoms with Crippen LogP contribution in [0.3, 0.4) is 0 Å². The van der Waals surface area contributed by atoms with Gasteiger partial charge >= 0.3 is 0 Å². The lowest BCUT2D eigenvalue weighted by molar-refractivity contribution is -0.132. The van der Waals surface area contributed by atoms with Gasteiger partial charge in [0.15, 0.2) is 17.4 Å². The first kappa shape index (κ1) is 28.2. The Morgan fingerprint density at radius 1 is 1.19 bits per heavy atom. The minimum absolute atomic E-state index is 0.0536. The number of nitrogens with one attached hydrogen (secondary N) is 2. The Morgan fingerprint density at radius 2 is 1.92 bits per heavy atom. The second-order valence-electron chi connectivity index (χ2n) is 9.17. The number of carbonyl (C=O) groups is 3. The van der Waals surface area contributed by atoms with Crippen molar-refractivity contribution in [3.8, 4) is 5.75 Å². The standard InChI is InChI=1S/C25H31FN4O6S/c1-17(2)14-21(28-23(32)16-36-19-10-8-18(26)9-11-19)25(33)29-20-6-5-13-30(15-22(20)31)37(34,35)24-7-3-4-12-27-24/h3-4,7-12,17,20-21H,5-6,13-16H2,1-2H3,(H,28,32)(H,29,33)/t20?,21-/m0/s1. The van der Waals surface area contributed by atoms with Crippen LogP contribution in [-0.2, 0) is 24.4 Å². The van der Waals surface area contributed by atoms with E-state index in [-0.39, 0.29) is 30.5 Å². The molecule has 3 rings (SSSR count). The van der Waals surface area contributed by atoms with Gasteiger partial charge in [0, 0.05) is 12.7 Å². The van der Waals surface area contributed by atoms with E-state index in [0.717, 1.165) is 4.31 Å². The zero-order valence-corrected chi connectivity index (χ0v) is 21.5. The molecule has 0 radical (unpaired) electrons. The number of pyridine rings is 1. The zero-order chi connectivity index (χ0) is 27.0. The molecule has 37 heavy (non-hydrogen) atoms. The van der Waals surface area contributed by atoms with Gasteiger partial charge in [0.2, 0.25) is 5.91 Å². The Morgan fingerprint density at radius 3 is 2.57 bits per heavy atom. The highest BCUT2D eigenvalue weighted by Gasteiger charge is 2.34. The summed E-state index contributed by atoms with van der Waals surface area (Å²) in [5.74, 6) is -1.61. The van der Waals surface area contributed by atoms with Crippen molar-refractivity contribution < 1.29 is 31.9 Å². The van der Waals surface area contributed by atoms with Crippen molar-refractivity contribution >= 4 is 27.6 Å². The largest absolute Gasteiger partial charge is 0.484 e.